The summed E-state index contributed by atoms with van der Waals surface area (Å²) in [5, 5.41) is 9.27. The number of methoxy groups -OCH3 is 1. The molecule has 0 aromatic heterocycles. The number of rotatable bonds is 1. The maximum absolute atomic E-state index is 13.1. The van der Waals surface area contributed by atoms with Gasteiger partial charge in [-0.1, -0.05) is 0 Å². The summed E-state index contributed by atoms with van der Waals surface area (Å²) in [5.41, 5.74) is 0.720. The number of amides is 2. The van der Waals surface area contributed by atoms with Crippen LogP contribution in [-0.2, 0) is 14.3 Å². The fourth-order valence-electron chi connectivity index (χ4n) is 4.06. The van der Waals surface area contributed by atoms with Crippen LogP contribution in [0.15, 0.2) is 18.2 Å². The number of hydrogen-bond donors (Lipinski definition) is 0. The van der Waals surface area contributed by atoms with Gasteiger partial charge < -0.3 is 24.0 Å². The van der Waals surface area contributed by atoms with Gasteiger partial charge in [-0.15, -0.1) is 0 Å². The molecule has 0 spiro atoms. The van der Waals surface area contributed by atoms with Crippen molar-refractivity contribution in [1.82, 2.24) is 9.80 Å². The van der Waals surface area contributed by atoms with Gasteiger partial charge in [-0.25, -0.2) is 0 Å². The third kappa shape index (κ3) is 5.75. The highest BCUT2D eigenvalue weighted by atomic mass is 16.6. The van der Waals surface area contributed by atoms with Crippen LogP contribution in [0.2, 0.25) is 0 Å². The lowest BCUT2D eigenvalue weighted by Gasteiger charge is -2.36. The van der Waals surface area contributed by atoms with Crippen molar-refractivity contribution in [3.8, 4) is 11.8 Å². The fraction of sp³-hybridized carbons (Fsp3) is 0.609. The molecular weight excluding hydrogens is 398 g/mol. The Labute approximate surface area is 183 Å². The molecule has 1 fully saturated rings. The zero-order valence-corrected chi connectivity index (χ0v) is 18.5. The molecule has 3 rings (SSSR count). The van der Waals surface area contributed by atoms with Gasteiger partial charge in [0, 0.05) is 40.7 Å². The predicted octanol–water partition coefficient (Wildman–Crippen LogP) is 2.21. The zero-order valence-electron chi connectivity index (χ0n) is 18.5. The summed E-state index contributed by atoms with van der Waals surface area (Å²) >= 11 is 0. The van der Waals surface area contributed by atoms with Crippen LogP contribution in [0, 0.1) is 11.3 Å². The summed E-state index contributed by atoms with van der Waals surface area (Å²) in [4.78, 5) is 28.8. The summed E-state index contributed by atoms with van der Waals surface area (Å²) < 4.78 is 17.9. The van der Waals surface area contributed by atoms with E-state index in [4.69, 9.17) is 14.2 Å². The molecule has 2 aliphatic rings. The Morgan fingerprint density at radius 1 is 1.13 bits per heavy atom. The van der Waals surface area contributed by atoms with E-state index >= 15 is 0 Å². The Bertz CT molecular complexity index is 837. The minimum Gasteiger partial charge on any atom is -0.490 e. The van der Waals surface area contributed by atoms with Gasteiger partial charge in [-0.05, 0) is 43.9 Å². The van der Waals surface area contributed by atoms with Crippen LogP contribution >= 0.6 is 0 Å². The molecule has 168 valence electrons. The Kier molecular flexibility index (Phi) is 7.88. The number of nitrogens with zero attached hydrogens (tertiary/aromatic N) is 3. The molecule has 3 atom stereocenters. The molecule has 0 N–H and O–H groups in total. The van der Waals surface area contributed by atoms with Crippen molar-refractivity contribution in [2.45, 2.75) is 50.4 Å². The van der Waals surface area contributed by atoms with E-state index in [1.165, 1.54) is 0 Å². The van der Waals surface area contributed by atoms with Crippen molar-refractivity contribution in [1.29, 1.82) is 5.26 Å². The number of ether oxygens (including phenoxy) is 3. The van der Waals surface area contributed by atoms with Gasteiger partial charge in [0.2, 0.25) is 5.91 Å². The van der Waals surface area contributed by atoms with Gasteiger partial charge in [0.25, 0.3) is 5.91 Å². The van der Waals surface area contributed by atoms with Crippen LogP contribution < -0.4 is 4.74 Å². The molecule has 0 saturated carbocycles. The van der Waals surface area contributed by atoms with Gasteiger partial charge in [0.1, 0.15) is 18.5 Å². The Hall–Kier alpha value is -2.63. The lowest BCUT2D eigenvalue weighted by molar-refractivity contribution is -0.145. The third-order valence-corrected chi connectivity index (χ3v) is 6.04. The molecule has 1 saturated heterocycles. The van der Waals surface area contributed by atoms with Crippen molar-refractivity contribution in [2.75, 3.05) is 40.9 Å². The number of nitriles is 1. The molecule has 1 aromatic rings. The van der Waals surface area contributed by atoms with Crippen LogP contribution in [0.5, 0.6) is 5.75 Å². The first-order chi connectivity index (χ1) is 14.9. The lowest BCUT2D eigenvalue weighted by atomic mass is 9.99. The maximum atomic E-state index is 13.1. The SMILES string of the molecule is CO[C@H]1CC[C@@H]2CCN(C)C(=O)CCCN(C)C(=O)c3cc(C#N)ccc3OC[C@@H]1O2. The van der Waals surface area contributed by atoms with Gasteiger partial charge in [-0.2, -0.15) is 5.26 Å². The van der Waals surface area contributed by atoms with Crippen molar-refractivity contribution < 1.29 is 23.8 Å². The number of fused-ring (bicyclic) bond motifs is 3. The first kappa shape index (κ1) is 23.0. The van der Waals surface area contributed by atoms with E-state index in [9.17, 15) is 14.9 Å². The summed E-state index contributed by atoms with van der Waals surface area (Å²) in [6, 6.07) is 6.92. The molecule has 1 aromatic carbocycles. The van der Waals surface area contributed by atoms with E-state index in [0.717, 1.165) is 19.3 Å². The topological polar surface area (TPSA) is 92.1 Å². The highest BCUT2D eigenvalue weighted by Crippen LogP contribution is 2.27. The van der Waals surface area contributed by atoms with Crippen molar-refractivity contribution in [3.63, 3.8) is 0 Å². The van der Waals surface area contributed by atoms with E-state index in [0.29, 0.717) is 42.8 Å². The minimum absolute atomic E-state index is 0.0244. The second-order valence-electron chi connectivity index (χ2n) is 8.22. The largest absolute Gasteiger partial charge is 0.490 e. The van der Waals surface area contributed by atoms with E-state index in [1.807, 2.05) is 0 Å². The Morgan fingerprint density at radius 3 is 2.68 bits per heavy atom. The Balaban J connectivity index is 1.87. The maximum Gasteiger partial charge on any atom is 0.257 e. The summed E-state index contributed by atoms with van der Waals surface area (Å²) in [6.07, 6.45) is 3.04. The van der Waals surface area contributed by atoms with E-state index in [1.54, 1.807) is 49.2 Å². The summed E-state index contributed by atoms with van der Waals surface area (Å²) in [7, 11) is 5.16. The third-order valence-electron chi connectivity index (χ3n) is 6.04. The molecule has 8 heteroatoms. The average Bonchev–Trinajstić information content (AvgIpc) is 2.79. The Morgan fingerprint density at radius 2 is 1.94 bits per heavy atom. The summed E-state index contributed by atoms with van der Waals surface area (Å²) in [5.74, 6) is 0.232. The normalized spacial score (nSPS) is 26.1. The van der Waals surface area contributed by atoms with Crippen LogP contribution in [0.4, 0.5) is 0 Å². The number of carbonyl (C=O) groups is 2. The molecule has 2 aliphatic heterocycles. The van der Waals surface area contributed by atoms with Crippen molar-refractivity contribution in [2.24, 2.45) is 0 Å². The molecular formula is C23H31N3O5. The van der Waals surface area contributed by atoms with Gasteiger partial charge >= 0.3 is 0 Å². The second-order valence-corrected chi connectivity index (χ2v) is 8.22. The first-order valence-corrected chi connectivity index (χ1v) is 10.8. The predicted molar refractivity (Wildman–Crippen MR) is 114 cm³/mol. The number of carbonyl (C=O) groups excluding carboxylic acids is 2. The monoisotopic (exact) mass is 429 g/mol. The highest BCUT2D eigenvalue weighted by molar-refractivity contribution is 5.97. The van der Waals surface area contributed by atoms with Gasteiger partial charge in [0.05, 0.1) is 29.4 Å². The first-order valence-electron chi connectivity index (χ1n) is 10.8. The van der Waals surface area contributed by atoms with Crippen LogP contribution in [0.3, 0.4) is 0 Å². The van der Waals surface area contributed by atoms with Gasteiger partial charge in [0.15, 0.2) is 0 Å². The van der Waals surface area contributed by atoms with Gasteiger partial charge in [-0.3, -0.25) is 9.59 Å². The van der Waals surface area contributed by atoms with E-state index < -0.39 is 0 Å². The van der Waals surface area contributed by atoms with Crippen molar-refractivity contribution >= 4 is 11.8 Å². The number of benzene rings is 1. The zero-order chi connectivity index (χ0) is 22.4. The summed E-state index contributed by atoms with van der Waals surface area (Å²) in [6.45, 7) is 1.30. The standard InChI is InChI=1S/C23H31N3O5/c1-25-12-10-17-7-9-20(29-3)21(31-17)15-30-19-8-6-16(14-24)13-18(19)23(28)26(2)11-4-5-22(25)27/h6,8,13,17,20-21H,4-5,7,9-12,15H2,1-3H3/t17-,20+,21+/m1/s1. The molecule has 2 bridgehead atoms. The number of hydrogen-bond acceptors (Lipinski definition) is 6. The van der Waals surface area contributed by atoms with Crippen molar-refractivity contribution in [3.05, 3.63) is 29.3 Å². The average molecular weight is 430 g/mol. The molecule has 0 aliphatic carbocycles. The quantitative estimate of drug-likeness (QED) is 0.680. The molecule has 0 radical (unpaired) electrons. The fourth-order valence-corrected chi connectivity index (χ4v) is 4.06. The highest BCUT2D eigenvalue weighted by Gasteiger charge is 2.32. The molecule has 2 heterocycles. The van der Waals surface area contributed by atoms with E-state index in [2.05, 4.69) is 6.07 Å². The second kappa shape index (κ2) is 10.6. The van der Waals surface area contributed by atoms with E-state index in [-0.39, 0.29) is 36.7 Å². The smallest absolute Gasteiger partial charge is 0.257 e. The lowest BCUT2D eigenvalue weighted by Crippen LogP contribution is -2.44. The molecule has 0 unspecified atom stereocenters. The molecule has 31 heavy (non-hydrogen) atoms. The van der Waals surface area contributed by atoms with Crippen LogP contribution in [0.1, 0.15) is 48.0 Å². The molecule has 8 nitrogen and oxygen atoms in total. The molecule has 2 amide bonds. The van der Waals surface area contributed by atoms with Crippen LogP contribution in [-0.4, -0.2) is 80.8 Å². The van der Waals surface area contributed by atoms with Crippen LogP contribution in [0.25, 0.3) is 0 Å². The minimum atomic E-state index is -0.283.